The zero-order valence-electron chi connectivity index (χ0n) is 14.5. The average molecular weight is 343 g/mol. The van der Waals surface area contributed by atoms with Crippen LogP contribution in [0.3, 0.4) is 0 Å². The van der Waals surface area contributed by atoms with Crippen molar-refractivity contribution in [2.45, 2.75) is 18.9 Å². The van der Waals surface area contributed by atoms with E-state index in [-0.39, 0.29) is 23.7 Å². The largest absolute Gasteiger partial charge is 0.481 e. The average Bonchev–Trinajstić information content (AvgIpc) is 3.16. The molecule has 1 saturated heterocycles. The number of rotatable bonds is 5. The second kappa shape index (κ2) is 7.33. The summed E-state index contributed by atoms with van der Waals surface area (Å²) in [7, 11) is 4.77. The van der Waals surface area contributed by atoms with Crippen molar-refractivity contribution in [1.29, 1.82) is 0 Å². The molecule has 0 aromatic carbocycles. The van der Waals surface area contributed by atoms with Crippen LogP contribution in [0.5, 0.6) is 11.9 Å². The zero-order chi connectivity index (χ0) is 17.8. The number of hydrogen-bond acceptors (Lipinski definition) is 7. The van der Waals surface area contributed by atoms with E-state index in [0.717, 1.165) is 24.2 Å². The molecule has 1 fully saturated rings. The molecule has 1 aliphatic rings. The summed E-state index contributed by atoms with van der Waals surface area (Å²) in [5.74, 6) is 0.916. The molecule has 0 saturated carbocycles. The number of likely N-dealkylation sites (tertiary alicyclic amines) is 1. The Hall–Kier alpha value is -2.90. The van der Waals surface area contributed by atoms with Crippen molar-refractivity contribution < 1.29 is 14.3 Å². The van der Waals surface area contributed by atoms with Gasteiger partial charge >= 0.3 is 6.01 Å². The number of amides is 1. The molecule has 3 heterocycles. The first-order valence-corrected chi connectivity index (χ1v) is 8.08. The second-order valence-electron chi connectivity index (χ2n) is 5.66. The number of ether oxygens (including phenoxy) is 2. The lowest BCUT2D eigenvalue weighted by atomic mass is 10.1. The number of anilines is 1. The number of nitrogens with zero attached hydrogens (tertiary/aromatic N) is 4. The molecule has 0 radical (unpaired) electrons. The number of carbonyl (C=O) groups excluding carboxylic acids is 1. The number of methoxy groups -OCH3 is 2. The van der Waals surface area contributed by atoms with E-state index in [1.807, 2.05) is 24.1 Å². The first-order chi connectivity index (χ1) is 12.2. The molecule has 0 spiro atoms. The normalized spacial score (nSPS) is 16.6. The Morgan fingerprint density at radius 1 is 1.28 bits per heavy atom. The Morgan fingerprint density at radius 2 is 2.12 bits per heavy atom. The first kappa shape index (κ1) is 16.9. The van der Waals surface area contributed by atoms with Crippen molar-refractivity contribution in [3.8, 4) is 11.9 Å². The minimum absolute atomic E-state index is 0.00504. The predicted molar refractivity (Wildman–Crippen MR) is 91.9 cm³/mol. The topological polar surface area (TPSA) is 89.5 Å². The van der Waals surface area contributed by atoms with Crippen molar-refractivity contribution in [2.24, 2.45) is 0 Å². The van der Waals surface area contributed by atoms with Crippen LogP contribution >= 0.6 is 0 Å². The lowest BCUT2D eigenvalue weighted by Gasteiger charge is -2.25. The van der Waals surface area contributed by atoms with Gasteiger partial charge in [0, 0.05) is 25.9 Å². The SMILES string of the molecule is CNc1cc([C@H]2CCCN2C(=O)c2cc(OC)nc(OC)n2)ccn1. The van der Waals surface area contributed by atoms with Crippen LogP contribution in [0.1, 0.15) is 34.9 Å². The third kappa shape index (κ3) is 3.47. The predicted octanol–water partition coefficient (Wildman–Crippen LogP) is 1.91. The number of aromatic nitrogens is 3. The Bertz CT molecular complexity index is 745. The van der Waals surface area contributed by atoms with E-state index in [0.29, 0.717) is 12.4 Å². The van der Waals surface area contributed by atoms with Gasteiger partial charge < -0.3 is 19.7 Å². The smallest absolute Gasteiger partial charge is 0.320 e. The number of pyridine rings is 1. The maximum atomic E-state index is 13.0. The van der Waals surface area contributed by atoms with Crippen LogP contribution in [0.4, 0.5) is 5.82 Å². The number of nitrogens with one attached hydrogen (secondary N) is 1. The molecule has 1 aliphatic heterocycles. The Labute approximate surface area is 146 Å². The molecule has 8 nitrogen and oxygen atoms in total. The van der Waals surface area contributed by atoms with Crippen molar-refractivity contribution in [1.82, 2.24) is 19.9 Å². The van der Waals surface area contributed by atoms with Gasteiger partial charge in [0.1, 0.15) is 11.5 Å². The van der Waals surface area contributed by atoms with Crippen molar-refractivity contribution >= 4 is 11.7 Å². The van der Waals surface area contributed by atoms with E-state index in [2.05, 4.69) is 20.3 Å². The minimum atomic E-state index is -0.163. The quantitative estimate of drug-likeness (QED) is 0.887. The van der Waals surface area contributed by atoms with E-state index < -0.39 is 0 Å². The Balaban J connectivity index is 1.90. The van der Waals surface area contributed by atoms with Crippen LogP contribution in [0.15, 0.2) is 24.4 Å². The van der Waals surface area contributed by atoms with E-state index in [4.69, 9.17) is 9.47 Å². The zero-order valence-corrected chi connectivity index (χ0v) is 14.5. The van der Waals surface area contributed by atoms with E-state index in [9.17, 15) is 4.79 Å². The maximum absolute atomic E-state index is 13.0. The molecule has 132 valence electrons. The van der Waals surface area contributed by atoms with Crippen molar-refractivity contribution in [3.63, 3.8) is 0 Å². The Kier molecular flexibility index (Phi) is 4.97. The van der Waals surface area contributed by atoms with Crippen LogP contribution in [-0.2, 0) is 0 Å². The monoisotopic (exact) mass is 343 g/mol. The van der Waals surface area contributed by atoms with Gasteiger partial charge in [0.15, 0.2) is 0 Å². The molecular weight excluding hydrogens is 322 g/mol. The van der Waals surface area contributed by atoms with Gasteiger partial charge in [-0.05, 0) is 30.5 Å². The molecule has 0 bridgehead atoms. The maximum Gasteiger partial charge on any atom is 0.320 e. The van der Waals surface area contributed by atoms with Gasteiger partial charge in [-0.1, -0.05) is 0 Å². The lowest BCUT2D eigenvalue weighted by Crippen LogP contribution is -2.31. The molecular formula is C17H21N5O3. The van der Waals surface area contributed by atoms with Gasteiger partial charge in [-0.2, -0.15) is 9.97 Å². The fourth-order valence-corrected chi connectivity index (χ4v) is 3.00. The third-order valence-electron chi connectivity index (χ3n) is 4.23. The summed E-state index contributed by atoms with van der Waals surface area (Å²) in [4.78, 5) is 27.3. The van der Waals surface area contributed by atoms with Gasteiger partial charge in [0.2, 0.25) is 5.88 Å². The highest BCUT2D eigenvalue weighted by atomic mass is 16.5. The van der Waals surface area contributed by atoms with Gasteiger partial charge in [0.25, 0.3) is 5.91 Å². The standard InChI is InChI=1S/C17H21N5O3/c1-18-14-9-11(6-7-19-14)13-5-4-8-22(13)16(23)12-10-15(24-2)21-17(20-12)25-3/h6-7,9-10,13H,4-5,8H2,1-3H3,(H,18,19)/t13-/m1/s1. The van der Waals surface area contributed by atoms with Crippen LogP contribution < -0.4 is 14.8 Å². The highest BCUT2D eigenvalue weighted by Crippen LogP contribution is 2.33. The summed E-state index contributed by atoms with van der Waals surface area (Å²) in [6.07, 6.45) is 3.59. The van der Waals surface area contributed by atoms with Gasteiger partial charge in [-0.15, -0.1) is 0 Å². The van der Waals surface area contributed by atoms with Gasteiger partial charge in [-0.25, -0.2) is 4.98 Å². The summed E-state index contributed by atoms with van der Waals surface area (Å²) in [5, 5.41) is 3.03. The van der Waals surface area contributed by atoms with E-state index in [1.54, 1.807) is 6.20 Å². The molecule has 2 aromatic heterocycles. The molecule has 25 heavy (non-hydrogen) atoms. The van der Waals surface area contributed by atoms with Crippen LogP contribution in [0.25, 0.3) is 0 Å². The summed E-state index contributed by atoms with van der Waals surface area (Å²) in [6.45, 7) is 0.676. The summed E-state index contributed by atoms with van der Waals surface area (Å²) < 4.78 is 10.2. The van der Waals surface area contributed by atoms with Crippen LogP contribution in [0.2, 0.25) is 0 Å². The summed E-state index contributed by atoms with van der Waals surface area (Å²) >= 11 is 0. The van der Waals surface area contributed by atoms with Crippen LogP contribution in [-0.4, -0.2) is 53.6 Å². The molecule has 1 atom stereocenters. The highest BCUT2D eigenvalue weighted by molar-refractivity contribution is 5.93. The van der Waals surface area contributed by atoms with E-state index in [1.165, 1.54) is 20.3 Å². The number of hydrogen-bond donors (Lipinski definition) is 1. The molecule has 0 aliphatic carbocycles. The summed E-state index contributed by atoms with van der Waals surface area (Å²) in [6, 6.07) is 5.55. The lowest BCUT2D eigenvalue weighted by molar-refractivity contribution is 0.0727. The third-order valence-corrected chi connectivity index (χ3v) is 4.23. The van der Waals surface area contributed by atoms with Gasteiger partial charge in [0.05, 0.1) is 20.3 Å². The van der Waals surface area contributed by atoms with Crippen LogP contribution in [0, 0.1) is 0 Å². The molecule has 8 heteroatoms. The molecule has 3 rings (SSSR count). The van der Waals surface area contributed by atoms with E-state index >= 15 is 0 Å². The molecule has 1 N–H and O–H groups in total. The molecule has 2 aromatic rings. The fraction of sp³-hybridized carbons (Fsp3) is 0.412. The highest BCUT2D eigenvalue weighted by Gasteiger charge is 2.32. The van der Waals surface area contributed by atoms with Crippen molar-refractivity contribution in [3.05, 3.63) is 35.7 Å². The van der Waals surface area contributed by atoms with Crippen molar-refractivity contribution in [2.75, 3.05) is 33.1 Å². The fourth-order valence-electron chi connectivity index (χ4n) is 3.00. The number of carbonyl (C=O) groups is 1. The minimum Gasteiger partial charge on any atom is -0.481 e. The first-order valence-electron chi connectivity index (χ1n) is 8.08. The second-order valence-corrected chi connectivity index (χ2v) is 5.66. The molecule has 0 unspecified atom stereocenters. The van der Waals surface area contributed by atoms with Gasteiger partial charge in [-0.3, -0.25) is 4.79 Å². The summed E-state index contributed by atoms with van der Waals surface area (Å²) in [5.41, 5.74) is 1.32. The Morgan fingerprint density at radius 3 is 2.84 bits per heavy atom. The molecule has 1 amide bonds.